The lowest BCUT2D eigenvalue weighted by Crippen LogP contribution is -2.42. The second-order valence-electron chi connectivity index (χ2n) is 6.54. The zero-order valence-corrected chi connectivity index (χ0v) is 11.6. The van der Waals surface area contributed by atoms with E-state index in [0.29, 0.717) is 12.5 Å². The van der Waals surface area contributed by atoms with Crippen LogP contribution in [-0.4, -0.2) is 23.3 Å². The highest BCUT2D eigenvalue weighted by Gasteiger charge is 2.41. The number of carboxylic acid groups (broad SMARTS) is 1. The summed E-state index contributed by atoms with van der Waals surface area (Å²) in [6.07, 6.45) is 4.13. The van der Waals surface area contributed by atoms with E-state index in [2.05, 4.69) is 27.7 Å². The summed E-state index contributed by atoms with van der Waals surface area (Å²) in [5, 5.41) is 9.13. The van der Waals surface area contributed by atoms with Crippen LogP contribution in [0.15, 0.2) is 0 Å². The molecular formula is C14H26O3. The van der Waals surface area contributed by atoms with Gasteiger partial charge in [0.15, 0.2) is 0 Å². The number of hydrogen-bond donors (Lipinski definition) is 1. The van der Waals surface area contributed by atoms with Gasteiger partial charge in [-0.1, -0.05) is 20.3 Å². The van der Waals surface area contributed by atoms with Crippen molar-refractivity contribution in [3.63, 3.8) is 0 Å². The second kappa shape index (κ2) is 5.38. The van der Waals surface area contributed by atoms with Crippen molar-refractivity contribution in [2.75, 3.05) is 6.61 Å². The smallest absolute Gasteiger partial charge is 0.303 e. The van der Waals surface area contributed by atoms with E-state index in [1.54, 1.807) is 0 Å². The topological polar surface area (TPSA) is 46.5 Å². The van der Waals surface area contributed by atoms with Crippen LogP contribution < -0.4 is 0 Å². The van der Waals surface area contributed by atoms with Crippen molar-refractivity contribution in [2.45, 2.75) is 65.4 Å². The number of ether oxygens (including phenoxy) is 1. The van der Waals surface area contributed by atoms with Gasteiger partial charge in [0.05, 0.1) is 12.0 Å². The molecule has 1 heterocycles. The molecule has 1 saturated heterocycles. The van der Waals surface area contributed by atoms with Crippen LogP contribution in [0.5, 0.6) is 0 Å². The molecule has 0 amide bonds. The Bertz CT molecular complexity index is 271. The molecular weight excluding hydrogens is 216 g/mol. The summed E-state index contributed by atoms with van der Waals surface area (Å²) in [5.74, 6) is -0.0434. The highest BCUT2D eigenvalue weighted by Crippen LogP contribution is 2.45. The van der Waals surface area contributed by atoms with E-state index in [4.69, 9.17) is 9.84 Å². The molecule has 100 valence electrons. The van der Waals surface area contributed by atoms with Crippen molar-refractivity contribution >= 4 is 5.97 Å². The number of carbonyl (C=O) groups is 1. The van der Waals surface area contributed by atoms with Crippen molar-refractivity contribution in [1.29, 1.82) is 0 Å². The maximum atomic E-state index is 11.1. The summed E-state index contributed by atoms with van der Waals surface area (Å²) in [7, 11) is 0. The minimum atomic E-state index is -0.675. The molecule has 1 atom stereocenters. The number of carboxylic acids is 1. The predicted octanol–water partition coefficient (Wildman–Crippen LogP) is 3.47. The SMILES string of the molecule is CC(C)CC[C@]1(CC(=O)O)CCOC(C)(C)C1. The first-order valence-electron chi connectivity index (χ1n) is 6.60. The van der Waals surface area contributed by atoms with E-state index >= 15 is 0 Å². The van der Waals surface area contributed by atoms with Crippen molar-refractivity contribution in [3.05, 3.63) is 0 Å². The minimum Gasteiger partial charge on any atom is -0.481 e. The molecule has 1 N–H and O–H groups in total. The Morgan fingerprint density at radius 1 is 1.41 bits per heavy atom. The minimum absolute atomic E-state index is 0.0577. The zero-order chi connectivity index (χ0) is 13.1. The normalized spacial score (nSPS) is 28.3. The Kier molecular flexibility index (Phi) is 4.59. The largest absolute Gasteiger partial charge is 0.481 e. The van der Waals surface area contributed by atoms with E-state index in [1.807, 2.05) is 0 Å². The zero-order valence-electron chi connectivity index (χ0n) is 11.6. The van der Waals surface area contributed by atoms with Crippen LogP contribution in [0.3, 0.4) is 0 Å². The van der Waals surface area contributed by atoms with Crippen molar-refractivity contribution in [3.8, 4) is 0 Å². The van der Waals surface area contributed by atoms with Crippen molar-refractivity contribution in [2.24, 2.45) is 11.3 Å². The first-order valence-corrected chi connectivity index (χ1v) is 6.60. The summed E-state index contributed by atoms with van der Waals surface area (Å²) >= 11 is 0. The Morgan fingerprint density at radius 2 is 2.06 bits per heavy atom. The number of aliphatic carboxylic acids is 1. The molecule has 1 fully saturated rings. The van der Waals surface area contributed by atoms with Crippen molar-refractivity contribution in [1.82, 2.24) is 0 Å². The van der Waals surface area contributed by atoms with E-state index in [1.165, 1.54) is 0 Å². The van der Waals surface area contributed by atoms with Crippen LogP contribution in [0.2, 0.25) is 0 Å². The highest BCUT2D eigenvalue weighted by molar-refractivity contribution is 5.67. The predicted molar refractivity (Wildman–Crippen MR) is 68.0 cm³/mol. The molecule has 0 radical (unpaired) electrons. The molecule has 0 aliphatic carbocycles. The van der Waals surface area contributed by atoms with Gasteiger partial charge in [-0.3, -0.25) is 4.79 Å². The van der Waals surface area contributed by atoms with E-state index in [9.17, 15) is 4.79 Å². The number of rotatable bonds is 5. The lowest BCUT2D eigenvalue weighted by Gasteiger charge is -2.44. The lowest BCUT2D eigenvalue weighted by molar-refractivity contribution is -0.148. The molecule has 1 rings (SSSR count). The molecule has 3 nitrogen and oxygen atoms in total. The van der Waals surface area contributed by atoms with Gasteiger partial charge in [0, 0.05) is 6.61 Å². The Balaban J connectivity index is 2.74. The van der Waals surface area contributed by atoms with Gasteiger partial charge >= 0.3 is 5.97 Å². The van der Waals surface area contributed by atoms with Crippen LogP contribution in [0, 0.1) is 11.3 Å². The molecule has 0 aromatic carbocycles. The van der Waals surface area contributed by atoms with Crippen LogP contribution in [-0.2, 0) is 9.53 Å². The van der Waals surface area contributed by atoms with Gasteiger partial charge in [-0.2, -0.15) is 0 Å². The molecule has 0 bridgehead atoms. The second-order valence-corrected chi connectivity index (χ2v) is 6.54. The van der Waals surface area contributed by atoms with Gasteiger partial charge in [-0.05, 0) is 44.4 Å². The third kappa shape index (κ3) is 4.66. The first kappa shape index (κ1) is 14.5. The van der Waals surface area contributed by atoms with Gasteiger partial charge < -0.3 is 9.84 Å². The quantitative estimate of drug-likeness (QED) is 0.803. The van der Waals surface area contributed by atoms with Gasteiger partial charge in [0.2, 0.25) is 0 Å². The summed E-state index contributed by atoms with van der Waals surface area (Å²) in [5.41, 5.74) is -0.234. The van der Waals surface area contributed by atoms with Crippen LogP contribution in [0.1, 0.15) is 59.8 Å². The first-order chi connectivity index (χ1) is 7.75. The molecule has 1 aliphatic heterocycles. The van der Waals surface area contributed by atoms with Gasteiger partial charge in [-0.15, -0.1) is 0 Å². The average molecular weight is 242 g/mol. The van der Waals surface area contributed by atoms with Crippen LogP contribution in [0.4, 0.5) is 0 Å². The maximum absolute atomic E-state index is 11.1. The Morgan fingerprint density at radius 3 is 2.53 bits per heavy atom. The molecule has 0 aromatic rings. The van der Waals surface area contributed by atoms with E-state index < -0.39 is 5.97 Å². The Hall–Kier alpha value is -0.570. The molecule has 0 aromatic heterocycles. The summed E-state index contributed by atoms with van der Waals surface area (Å²) in [4.78, 5) is 11.1. The third-order valence-corrected chi connectivity index (χ3v) is 3.70. The van der Waals surface area contributed by atoms with E-state index in [-0.39, 0.29) is 17.4 Å². The lowest BCUT2D eigenvalue weighted by atomic mass is 9.68. The molecule has 3 heteroatoms. The standard InChI is InChI=1S/C14H26O3/c1-11(2)5-6-14(9-12(15)16)7-8-17-13(3,4)10-14/h11H,5-10H2,1-4H3,(H,15,16)/t14-/m1/s1. The summed E-state index contributed by atoms with van der Waals surface area (Å²) in [6, 6.07) is 0. The summed E-state index contributed by atoms with van der Waals surface area (Å²) < 4.78 is 5.72. The highest BCUT2D eigenvalue weighted by atomic mass is 16.5. The fraction of sp³-hybridized carbons (Fsp3) is 0.929. The Labute approximate surface area is 105 Å². The van der Waals surface area contributed by atoms with E-state index in [0.717, 1.165) is 25.7 Å². The van der Waals surface area contributed by atoms with Gasteiger partial charge in [0.25, 0.3) is 0 Å². The molecule has 17 heavy (non-hydrogen) atoms. The molecule has 0 spiro atoms. The third-order valence-electron chi connectivity index (χ3n) is 3.70. The van der Waals surface area contributed by atoms with Gasteiger partial charge in [0.1, 0.15) is 0 Å². The molecule has 1 aliphatic rings. The van der Waals surface area contributed by atoms with Crippen molar-refractivity contribution < 1.29 is 14.6 Å². The average Bonchev–Trinajstić information content (AvgIpc) is 2.12. The maximum Gasteiger partial charge on any atom is 0.303 e. The van der Waals surface area contributed by atoms with Crippen LogP contribution >= 0.6 is 0 Å². The van der Waals surface area contributed by atoms with Gasteiger partial charge in [-0.25, -0.2) is 0 Å². The molecule has 0 unspecified atom stereocenters. The summed E-state index contributed by atoms with van der Waals surface area (Å²) in [6.45, 7) is 9.21. The fourth-order valence-electron chi connectivity index (χ4n) is 2.95. The fourth-order valence-corrected chi connectivity index (χ4v) is 2.95. The molecule has 0 saturated carbocycles. The number of hydrogen-bond acceptors (Lipinski definition) is 2. The monoisotopic (exact) mass is 242 g/mol. The van der Waals surface area contributed by atoms with Crippen LogP contribution in [0.25, 0.3) is 0 Å².